The van der Waals surface area contributed by atoms with Gasteiger partial charge in [0.2, 0.25) is 5.95 Å². The summed E-state index contributed by atoms with van der Waals surface area (Å²) in [4.78, 5) is 15.9. The van der Waals surface area contributed by atoms with Gasteiger partial charge in [0.15, 0.2) is 4.34 Å². The Morgan fingerprint density at radius 2 is 2.20 bits per heavy atom. The molecule has 0 fully saturated rings. The standard InChI is InChI=1S/C13H14N4S3/c1-3-8-7-9-10(19-8)16-12(14-4-2)17-11(9)20-13-15-5-6-18-13/h5-7H,3-4H2,1-2H3,(H,14,16,17). The van der Waals surface area contributed by atoms with Crippen LogP contribution in [-0.2, 0) is 6.42 Å². The van der Waals surface area contributed by atoms with Crippen LogP contribution in [0.5, 0.6) is 0 Å². The lowest BCUT2D eigenvalue weighted by atomic mass is 10.3. The summed E-state index contributed by atoms with van der Waals surface area (Å²) in [5, 5.41) is 7.30. The van der Waals surface area contributed by atoms with Crippen molar-refractivity contribution >= 4 is 50.6 Å². The van der Waals surface area contributed by atoms with Crippen LogP contribution < -0.4 is 5.32 Å². The third kappa shape index (κ3) is 2.79. The minimum Gasteiger partial charge on any atom is -0.354 e. The zero-order chi connectivity index (χ0) is 13.9. The molecule has 3 rings (SSSR count). The van der Waals surface area contributed by atoms with Crippen molar-refractivity contribution in [3.63, 3.8) is 0 Å². The molecule has 0 aliphatic carbocycles. The number of hydrogen-bond acceptors (Lipinski definition) is 7. The fraction of sp³-hybridized carbons (Fsp3) is 0.308. The summed E-state index contributed by atoms with van der Waals surface area (Å²) in [6.07, 6.45) is 2.85. The summed E-state index contributed by atoms with van der Waals surface area (Å²) >= 11 is 4.99. The number of aromatic nitrogens is 3. The molecule has 0 saturated carbocycles. The van der Waals surface area contributed by atoms with E-state index in [-0.39, 0.29) is 0 Å². The third-order valence-electron chi connectivity index (χ3n) is 2.69. The molecular formula is C13H14N4S3. The molecule has 0 saturated heterocycles. The molecule has 104 valence electrons. The highest BCUT2D eigenvalue weighted by molar-refractivity contribution is 8.01. The summed E-state index contributed by atoms with van der Waals surface area (Å²) in [7, 11) is 0. The number of nitrogens with one attached hydrogen (secondary N) is 1. The predicted octanol–water partition coefficient (Wildman–Crippen LogP) is 4.29. The molecule has 0 radical (unpaired) electrons. The molecule has 3 aromatic heterocycles. The Bertz CT molecular complexity index is 706. The van der Waals surface area contributed by atoms with Gasteiger partial charge in [-0.2, -0.15) is 0 Å². The fourth-order valence-electron chi connectivity index (χ4n) is 1.78. The average Bonchev–Trinajstić information content (AvgIpc) is 3.07. The molecule has 4 nitrogen and oxygen atoms in total. The van der Waals surface area contributed by atoms with Crippen LogP contribution in [0.2, 0.25) is 0 Å². The Hall–Kier alpha value is -1.18. The normalized spacial score (nSPS) is 11.1. The molecule has 7 heteroatoms. The van der Waals surface area contributed by atoms with Gasteiger partial charge in [0, 0.05) is 28.4 Å². The van der Waals surface area contributed by atoms with Crippen molar-refractivity contribution in [1.82, 2.24) is 15.0 Å². The minimum atomic E-state index is 0.698. The number of thiophene rings is 1. The molecule has 0 bridgehead atoms. The molecule has 3 heterocycles. The van der Waals surface area contributed by atoms with Gasteiger partial charge in [-0.05, 0) is 31.2 Å². The largest absolute Gasteiger partial charge is 0.354 e. The number of nitrogens with zero attached hydrogens (tertiary/aromatic N) is 3. The number of thiazole rings is 1. The Labute approximate surface area is 129 Å². The summed E-state index contributed by atoms with van der Waals surface area (Å²) < 4.78 is 1.01. The molecule has 0 aliphatic heterocycles. The summed E-state index contributed by atoms with van der Waals surface area (Å²) in [5.41, 5.74) is 0. The average molecular weight is 322 g/mol. The van der Waals surface area contributed by atoms with Crippen LogP contribution in [-0.4, -0.2) is 21.5 Å². The van der Waals surface area contributed by atoms with Crippen LogP contribution >= 0.6 is 34.4 Å². The van der Waals surface area contributed by atoms with Gasteiger partial charge < -0.3 is 5.32 Å². The van der Waals surface area contributed by atoms with Crippen LogP contribution in [0.4, 0.5) is 5.95 Å². The van der Waals surface area contributed by atoms with E-state index < -0.39 is 0 Å². The molecule has 0 aliphatic rings. The predicted molar refractivity (Wildman–Crippen MR) is 87.2 cm³/mol. The molecule has 20 heavy (non-hydrogen) atoms. The number of rotatable bonds is 5. The molecule has 0 aromatic carbocycles. The van der Waals surface area contributed by atoms with E-state index in [1.54, 1.807) is 34.4 Å². The topological polar surface area (TPSA) is 50.7 Å². The Kier molecular flexibility index (Phi) is 4.18. The van der Waals surface area contributed by atoms with Gasteiger partial charge in [-0.1, -0.05) is 6.92 Å². The number of fused-ring (bicyclic) bond motifs is 1. The minimum absolute atomic E-state index is 0.698. The number of aryl methyl sites for hydroxylation is 1. The van der Waals surface area contributed by atoms with Crippen molar-refractivity contribution in [3.05, 3.63) is 22.5 Å². The summed E-state index contributed by atoms with van der Waals surface area (Å²) in [5.74, 6) is 0.698. The van der Waals surface area contributed by atoms with Gasteiger partial charge >= 0.3 is 0 Å². The quantitative estimate of drug-likeness (QED) is 0.710. The first-order valence-corrected chi connectivity index (χ1v) is 8.93. The van der Waals surface area contributed by atoms with Crippen LogP contribution in [0.3, 0.4) is 0 Å². The molecule has 1 N–H and O–H groups in total. The Morgan fingerprint density at radius 3 is 2.90 bits per heavy atom. The van der Waals surface area contributed by atoms with E-state index in [9.17, 15) is 0 Å². The van der Waals surface area contributed by atoms with Crippen LogP contribution in [0.15, 0.2) is 27.0 Å². The van der Waals surface area contributed by atoms with Crippen molar-refractivity contribution in [2.45, 2.75) is 29.6 Å². The molecule has 0 atom stereocenters. The second kappa shape index (κ2) is 6.07. The highest BCUT2D eigenvalue weighted by Crippen LogP contribution is 2.36. The molecular weight excluding hydrogens is 308 g/mol. The highest BCUT2D eigenvalue weighted by atomic mass is 32.2. The fourth-order valence-corrected chi connectivity index (χ4v) is 4.44. The van der Waals surface area contributed by atoms with Gasteiger partial charge in [-0.15, -0.1) is 22.7 Å². The first-order valence-electron chi connectivity index (χ1n) is 6.41. The van der Waals surface area contributed by atoms with E-state index in [0.29, 0.717) is 5.95 Å². The van der Waals surface area contributed by atoms with Crippen LogP contribution in [0, 0.1) is 0 Å². The Balaban J connectivity index is 2.08. The lowest BCUT2D eigenvalue weighted by Gasteiger charge is -2.04. The lowest BCUT2D eigenvalue weighted by molar-refractivity contribution is 1.05. The van der Waals surface area contributed by atoms with E-state index in [2.05, 4.69) is 33.3 Å². The van der Waals surface area contributed by atoms with Gasteiger partial charge in [-0.25, -0.2) is 15.0 Å². The number of hydrogen-bond donors (Lipinski definition) is 1. The maximum absolute atomic E-state index is 4.63. The second-order valence-corrected chi connectivity index (χ2v) is 7.31. The zero-order valence-corrected chi connectivity index (χ0v) is 13.7. The van der Waals surface area contributed by atoms with Gasteiger partial charge in [0.1, 0.15) is 9.86 Å². The maximum Gasteiger partial charge on any atom is 0.225 e. The summed E-state index contributed by atoms with van der Waals surface area (Å²) in [6.45, 7) is 5.03. The molecule has 0 amide bonds. The molecule has 0 unspecified atom stereocenters. The molecule has 3 aromatic rings. The first-order chi connectivity index (χ1) is 9.80. The second-order valence-electron chi connectivity index (χ2n) is 4.07. The van der Waals surface area contributed by atoms with Crippen molar-refractivity contribution in [2.75, 3.05) is 11.9 Å². The smallest absolute Gasteiger partial charge is 0.225 e. The Morgan fingerprint density at radius 1 is 1.30 bits per heavy atom. The highest BCUT2D eigenvalue weighted by Gasteiger charge is 2.13. The summed E-state index contributed by atoms with van der Waals surface area (Å²) in [6, 6.07) is 2.20. The van der Waals surface area contributed by atoms with Crippen LogP contribution in [0.25, 0.3) is 10.2 Å². The van der Waals surface area contributed by atoms with E-state index in [0.717, 1.165) is 32.5 Å². The van der Waals surface area contributed by atoms with E-state index in [1.807, 2.05) is 18.5 Å². The van der Waals surface area contributed by atoms with Gasteiger partial charge in [0.25, 0.3) is 0 Å². The van der Waals surface area contributed by atoms with Gasteiger partial charge in [0.05, 0.1) is 0 Å². The van der Waals surface area contributed by atoms with Crippen LogP contribution in [0.1, 0.15) is 18.7 Å². The first kappa shape index (κ1) is 13.8. The van der Waals surface area contributed by atoms with E-state index in [1.165, 1.54) is 4.88 Å². The lowest BCUT2D eigenvalue weighted by Crippen LogP contribution is -2.02. The van der Waals surface area contributed by atoms with Gasteiger partial charge in [-0.3, -0.25) is 0 Å². The van der Waals surface area contributed by atoms with E-state index in [4.69, 9.17) is 0 Å². The molecule has 0 spiro atoms. The van der Waals surface area contributed by atoms with Crippen molar-refractivity contribution in [1.29, 1.82) is 0 Å². The van der Waals surface area contributed by atoms with E-state index >= 15 is 0 Å². The third-order valence-corrected chi connectivity index (χ3v) is 5.75. The zero-order valence-electron chi connectivity index (χ0n) is 11.2. The van der Waals surface area contributed by atoms with Crippen molar-refractivity contribution < 1.29 is 0 Å². The maximum atomic E-state index is 4.63. The monoisotopic (exact) mass is 322 g/mol. The number of anilines is 1. The van der Waals surface area contributed by atoms with Crippen molar-refractivity contribution in [2.24, 2.45) is 0 Å². The SMILES string of the molecule is CCNc1nc(Sc2nccs2)c2cc(CC)sc2n1. The van der Waals surface area contributed by atoms with Crippen molar-refractivity contribution in [3.8, 4) is 0 Å².